The number of ether oxygens (including phenoxy) is 2. The zero-order valence-electron chi connectivity index (χ0n) is 13.6. The summed E-state index contributed by atoms with van der Waals surface area (Å²) >= 11 is 5.87. The molecule has 0 saturated heterocycles. The topological polar surface area (TPSA) is 47.6 Å². The number of nitrogens with one attached hydrogen (secondary N) is 1. The van der Waals surface area contributed by atoms with Gasteiger partial charge in [0.05, 0.1) is 13.2 Å². The number of benzene rings is 1. The molecule has 15 heavy (non-hydrogen) atoms. The monoisotopic (exact) mass is 233 g/mol. The Morgan fingerprint density at radius 3 is 3.07 bits per heavy atom. The average molecular weight is 234 g/mol. The van der Waals surface area contributed by atoms with Gasteiger partial charge in [-0.05, 0) is 12.1 Å². The summed E-state index contributed by atoms with van der Waals surface area (Å²) < 4.78 is 55.1. The van der Waals surface area contributed by atoms with Crippen molar-refractivity contribution in [2.75, 3.05) is 18.4 Å². The van der Waals surface area contributed by atoms with E-state index in [4.69, 9.17) is 29.3 Å². The molecule has 0 saturated carbocycles. The van der Waals surface area contributed by atoms with E-state index in [1.54, 1.807) is 0 Å². The SMILES string of the molecule is [2H]c1c([2H])c2c(c(NC(C)=O)c1Cl)OC([2H])([2H])C([2H])([2H])O2. The molecular weight excluding hydrogens is 218 g/mol. The Labute approximate surface area is 101 Å². The van der Waals surface area contributed by atoms with Crippen LogP contribution >= 0.6 is 11.6 Å². The molecule has 0 atom stereocenters. The Morgan fingerprint density at radius 1 is 1.60 bits per heavy atom. The van der Waals surface area contributed by atoms with E-state index in [0.29, 0.717) is 0 Å². The Bertz CT molecular complexity index is 636. The molecule has 0 spiro atoms. The maximum Gasteiger partial charge on any atom is 0.221 e. The molecule has 0 radical (unpaired) electrons. The Morgan fingerprint density at radius 2 is 2.33 bits per heavy atom. The minimum Gasteiger partial charge on any atom is -0.486 e. The van der Waals surface area contributed by atoms with Crippen LogP contribution in [0.25, 0.3) is 0 Å². The first-order chi connectivity index (χ1) is 9.48. The van der Waals surface area contributed by atoms with Crippen LogP contribution < -0.4 is 14.8 Å². The Kier molecular flexibility index (Phi) is 1.35. The third-order valence-electron chi connectivity index (χ3n) is 1.59. The minimum absolute atomic E-state index is 0.237. The second-order valence-electron chi connectivity index (χ2n) is 2.69. The predicted molar refractivity (Wildman–Crippen MR) is 56.7 cm³/mol. The molecule has 0 unspecified atom stereocenters. The molecule has 0 aromatic heterocycles. The second kappa shape index (κ2) is 3.98. The first-order valence-corrected chi connectivity index (χ1v) is 4.34. The molecule has 1 aromatic rings. The summed E-state index contributed by atoms with van der Waals surface area (Å²) in [6.07, 6.45) is 0. The first-order valence-electron chi connectivity index (χ1n) is 6.96. The first kappa shape index (κ1) is 5.07. The molecule has 1 N–H and O–H groups in total. The lowest BCUT2D eigenvalue weighted by Gasteiger charge is -2.21. The fraction of sp³-hybridized carbons (Fsp3) is 0.300. The molecule has 1 heterocycles. The van der Waals surface area contributed by atoms with Gasteiger partial charge in [0.2, 0.25) is 5.91 Å². The highest BCUT2D eigenvalue weighted by Crippen LogP contribution is 2.41. The van der Waals surface area contributed by atoms with Crippen molar-refractivity contribution in [3.8, 4) is 11.5 Å². The number of amides is 1. The number of anilines is 1. The third kappa shape index (κ3) is 1.99. The maximum absolute atomic E-state index is 11.2. The number of halogens is 1. The van der Waals surface area contributed by atoms with E-state index in [-0.39, 0.29) is 10.7 Å². The fourth-order valence-electron chi connectivity index (χ4n) is 1.04. The van der Waals surface area contributed by atoms with Crippen molar-refractivity contribution in [2.24, 2.45) is 0 Å². The van der Waals surface area contributed by atoms with E-state index in [2.05, 4.69) is 5.32 Å². The van der Waals surface area contributed by atoms with Gasteiger partial charge in [-0.15, -0.1) is 0 Å². The van der Waals surface area contributed by atoms with E-state index in [1.165, 1.54) is 6.92 Å². The lowest BCUT2D eigenvalue weighted by Crippen LogP contribution is -2.18. The predicted octanol–water partition coefficient (Wildman–Crippen LogP) is 2.07. The van der Waals surface area contributed by atoms with Gasteiger partial charge in [-0.3, -0.25) is 4.79 Å². The highest BCUT2D eigenvalue weighted by Gasteiger charge is 2.19. The van der Waals surface area contributed by atoms with E-state index in [1.807, 2.05) is 0 Å². The molecular formula is C10H10ClNO3. The lowest BCUT2D eigenvalue weighted by molar-refractivity contribution is -0.114. The summed E-state index contributed by atoms with van der Waals surface area (Å²) in [5.41, 5.74) is -0.237. The van der Waals surface area contributed by atoms with Gasteiger partial charge >= 0.3 is 0 Å². The molecule has 4 nitrogen and oxygen atoms in total. The highest BCUT2D eigenvalue weighted by atomic mass is 35.5. The average Bonchev–Trinajstić information content (AvgIpc) is 2.34. The van der Waals surface area contributed by atoms with E-state index in [0.717, 1.165) is 0 Å². The van der Waals surface area contributed by atoms with Crippen molar-refractivity contribution in [3.05, 3.63) is 17.1 Å². The number of carbonyl (C=O) groups is 1. The summed E-state index contributed by atoms with van der Waals surface area (Å²) in [6.45, 7) is -4.57. The largest absolute Gasteiger partial charge is 0.486 e. The van der Waals surface area contributed by atoms with Gasteiger partial charge in [-0.2, -0.15) is 0 Å². The molecule has 5 heteroatoms. The number of hydrogen-bond donors (Lipinski definition) is 1. The zero-order chi connectivity index (χ0) is 16.2. The van der Waals surface area contributed by atoms with Crippen LogP contribution in [0.15, 0.2) is 12.1 Å². The second-order valence-corrected chi connectivity index (χ2v) is 3.06. The molecule has 1 amide bonds. The molecule has 0 aliphatic carbocycles. The smallest absolute Gasteiger partial charge is 0.221 e. The van der Waals surface area contributed by atoms with Crippen molar-refractivity contribution < 1.29 is 22.5 Å². The molecule has 1 aliphatic rings. The fourth-order valence-corrected chi connectivity index (χ4v) is 1.23. The summed E-state index contributed by atoms with van der Waals surface area (Å²) in [4.78, 5) is 11.2. The maximum atomic E-state index is 11.2. The van der Waals surface area contributed by atoms with Gasteiger partial charge < -0.3 is 14.8 Å². The van der Waals surface area contributed by atoms with Crippen LogP contribution in [0.3, 0.4) is 0 Å². The standard InChI is InChI=1S/C10H10ClNO3/c1-6(13)12-9-7(11)2-3-8-10(9)15-5-4-14-8/h2-3H,4-5H2,1H3,(H,12,13)/i2D,3D,4D2,5D2. The number of rotatable bonds is 1. The third-order valence-corrected chi connectivity index (χ3v) is 1.87. The zero-order valence-corrected chi connectivity index (χ0v) is 8.36. The van der Waals surface area contributed by atoms with Crippen LogP contribution in [0.1, 0.15) is 15.1 Å². The van der Waals surface area contributed by atoms with Crippen LogP contribution in [0.2, 0.25) is 5.02 Å². The van der Waals surface area contributed by atoms with Crippen molar-refractivity contribution in [2.45, 2.75) is 6.92 Å². The molecule has 1 aliphatic heterocycles. The quantitative estimate of drug-likeness (QED) is 0.808. The van der Waals surface area contributed by atoms with Gasteiger partial charge in [0.15, 0.2) is 11.5 Å². The summed E-state index contributed by atoms with van der Waals surface area (Å²) in [5.74, 6) is -1.47. The Balaban J connectivity index is 2.73. The van der Waals surface area contributed by atoms with Crippen LogP contribution in [0.5, 0.6) is 11.5 Å². The van der Waals surface area contributed by atoms with Crippen molar-refractivity contribution >= 4 is 23.2 Å². The van der Waals surface area contributed by atoms with Gasteiger partial charge in [0.1, 0.15) is 18.8 Å². The number of hydrogen-bond acceptors (Lipinski definition) is 3. The summed E-state index contributed by atoms with van der Waals surface area (Å²) in [7, 11) is 0. The highest BCUT2D eigenvalue weighted by molar-refractivity contribution is 6.34. The van der Waals surface area contributed by atoms with Crippen LogP contribution in [-0.2, 0) is 4.79 Å². The molecule has 80 valence electrons. The normalized spacial score (nSPS) is 26.0. The van der Waals surface area contributed by atoms with Crippen LogP contribution in [0.4, 0.5) is 5.69 Å². The van der Waals surface area contributed by atoms with Gasteiger partial charge in [-0.1, -0.05) is 11.6 Å². The van der Waals surface area contributed by atoms with Crippen molar-refractivity contribution in [3.63, 3.8) is 0 Å². The van der Waals surface area contributed by atoms with E-state index < -0.39 is 42.6 Å². The van der Waals surface area contributed by atoms with Gasteiger partial charge in [0.25, 0.3) is 0 Å². The van der Waals surface area contributed by atoms with E-state index >= 15 is 0 Å². The molecule has 0 bridgehead atoms. The minimum atomic E-state index is -2.87. The summed E-state index contributed by atoms with van der Waals surface area (Å²) in [6, 6.07) is -1.07. The van der Waals surface area contributed by atoms with Gasteiger partial charge in [0, 0.05) is 6.92 Å². The van der Waals surface area contributed by atoms with Crippen molar-refractivity contribution in [1.82, 2.24) is 0 Å². The number of carbonyl (C=O) groups excluding carboxylic acids is 1. The molecule has 0 fully saturated rings. The molecule has 1 aromatic carbocycles. The van der Waals surface area contributed by atoms with Crippen molar-refractivity contribution in [1.29, 1.82) is 0 Å². The van der Waals surface area contributed by atoms with Gasteiger partial charge in [-0.25, -0.2) is 0 Å². The van der Waals surface area contributed by atoms with E-state index in [9.17, 15) is 4.79 Å². The molecule has 2 rings (SSSR count). The van der Waals surface area contributed by atoms with Crippen LogP contribution in [-0.4, -0.2) is 19.0 Å². The Hall–Kier alpha value is -1.42. The number of fused-ring (bicyclic) bond motifs is 1. The lowest BCUT2D eigenvalue weighted by atomic mass is 10.2. The van der Waals surface area contributed by atoms with Crippen LogP contribution in [0, 0.1) is 0 Å². The summed E-state index contributed by atoms with van der Waals surface area (Å²) in [5, 5.41) is 1.94.